The second-order valence-corrected chi connectivity index (χ2v) is 5.32. The van der Waals surface area contributed by atoms with Gasteiger partial charge in [-0.15, -0.1) is 11.8 Å². The van der Waals surface area contributed by atoms with Gasteiger partial charge < -0.3 is 5.32 Å². The minimum absolute atomic E-state index is 0.881. The molecule has 3 nitrogen and oxygen atoms in total. The molecule has 0 aliphatic rings. The molecule has 0 radical (unpaired) electrons. The highest BCUT2D eigenvalue weighted by molar-refractivity contribution is 9.10. The molecule has 0 spiro atoms. The first-order valence-corrected chi connectivity index (χ1v) is 6.93. The van der Waals surface area contributed by atoms with Crippen molar-refractivity contribution in [3.05, 3.63) is 46.7 Å². The molecule has 17 heavy (non-hydrogen) atoms. The van der Waals surface area contributed by atoms with Crippen LogP contribution >= 0.6 is 27.7 Å². The zero-order valence-corrected chi connectivity index (χ0v) is 11.8. The molecule has 0 amide bonds. The third-order valence-electron chi connectivity index (χ3n) is 2.17. The zero-order valence-electron chi connectivity index (χ0n) is 9.35. The van der Waals surface area contributed by atoms with E-state index in [1.165, 1.54) is 5.56 Å². The van der Waals surface area contributed by atoms with Crippen LogP contribution in [0.5, 0.6) is 0 Å². The molecule has 2 heterocycles. The van der Waals surface area contributed by atoms with Crippen molar-refractivity contribution in [1.82, 2.24) is 9.97 Å². The largest absolute Gasteiger partial charge is 0.373 e. The fourth-order valence-electron chi connectivity index (χ4n) is 1.26. The lowest BCUT2D eigenvalue weighted by Crippen LogP contribution is -1.92. The number of anilines is 1. The highest BCUT2D eigenvalue weighted by Crippen LogP contribution is 2.21. The van der Waals surface area contributed by atoms with Crippen LogP contribution in [-0.2, 0) is 5.75 Å². The predicted molar refractivity (Wildman–Crippen MR) is 75.3 cm³/mol. The van der Waals surface area contributed by atoms with Crippen molar-refractivity contribution in [2.24, 2.45) is 0 Å². The van der Waals surface area contributed by atoms with Gasteiger partial charge in [0.05, 0.1) is 5.03 Å². The molecule has 0 saturated heterocycles. The lowest BCUT2D eigenvalue weighted by molar-refractivity contribution is 1.12. The summed E-state index contributed by atoms with van der Waals surface area (Å²) in [6.07, 6.45) is 3.70. The Morgan fingerprint density at radius 1 is 1.18 bits per heavy atom. The number of nitrogens with zero attached hydrogens (tertiary/aromatic N) is 2. The number of aromatic nitrogens is 2. The number of halogens is 1. The van der Waals surface area contributed by atoms with Crippen LogP contribution in [0.2, 0.25) is 0 Å². The molecule has 0 fully saturated rings. The summed E-state index contributed by atoms with van der Waals surface area (Å²) >= 11 is 5.07. The molecular formula is C12H12BrN3S. The summed E-state index contributed by atoms with van der Waals surface area (Å²) in [5.74, 6) is 1.77. The smallest absolute Gasteiger partial charge is 0.125 e. The summed E-state index contributed by atoms with van der Waals surface area (Å²) in [7, 11) is 1.86. The first-order chi connectivity index (χ1) is 8.28. The molecule has 2 rings (SSSR count). The van der Waals surface area contributed by atoms with E-state index in [0.717, 1.165) is 21.1 Å². The Morgan fingerprint density at radius 2 is 2.06 bits per heavy atom. The molecule has 0 saturated carbocycles. The molecule has 0 aliphatic carbocycles. The number of thioether (sulfide) groups is 1. The third kappa shape index (κ3) is 3.71. The molecule has 88 valence electrons. The number of hydrogen-bond acceptors (Lipinski definition) is 4. The van der Waals surface area contributed by atoms with E-state index in [0.29, 0.717) is 0 Å². The Bertz CT molecular complexity index is 470. The summed E-state index contributed by atoms with van der Waals surface area (Å²) in [5.41, 5.74) is 1.19. The second kappa shape index (κ2) is 6.02. The minimum atomic E-state index is 0.881. The Balaban J connectivity index is 1.95. The van der Waals surface area contributed by atoms with Crippen molar-refractivity contribution in [3.63, 3.8) is 0 Å². The van der Waals surface area contributed by atoms with Crippen molar-refractivity contribution in [2.45, 2.75) is 10.8 Å². The molecule has 0 bridgehead atoms. The SMILES string of the molecule is CNc1ccc(CSc2ccc(Br)cn2)cn1. The highest BCUT2D eigenvalue weighted by Gasteiger charge is 1.98. The van der Waals surface area contributed by atoms with Crippen LogP contribution < -0.4 is 5.32 Å². The maximum atomic E-state index is 4.31. The molecule has 0 atom stereocenters. The lowest BCUT2D eigenvalue weighted by atomic mass is 10.3. The van der Waals surface area contributed by atoms with Crippen LogP contribution in [0.3, 0.4) is 0 Å². The average Bonchev–Trinajstić information content (AvgIpc) is 2.39. The summed E-state index contributed by atoms with van der Waals surface area (Å²) in [6.45, 7) is 0. The maximum Gasteiger partial charge on any atom is 0.125 e. The van der Waals surface area contributed by atoms with Gasteiger partial charge >= 0.3 is 0 Å². The normalized spacial score (nSPS) is 10.2. The second-order valence-electron chi connectivity index (χ2n) is 3.41. The number of pyridine rings is 2. The van der Waals surface area contributed by atoms with Gasteiger partial charge in [0.2, 0.25) is 0 Å². The number of rotatable bonds is 4. The standard InChI is InChI=1S/C12H12BrN3S/c1-14-11-4-2-9(6-15-11)8-17-12-5-3-10(13)7-16-12/h2-7H,8H2,1H3,(H,14,15). The van der Waals surface area contributed by atoms with Crippen molar-refractivity contribution in [1.29, 1.82) is 0 Å². The van der Waals surface area contributed by atoms with Crippen molar-refractivity contribution < 1.29 is 0 Å². The van der Waals surface area contributed by atoms with Gasteiger partial charge in [0.1, 0.15) is 5.82 Å². The third-order valence-corrected chi connectivity index (χ3v) is 3.65. The van der Waals surface area contributed by atoms with E-state index >= 15 is 0 Å². The van der Waals surface area contributed by atoms with E-state index in [1.807, 2.05) is 37.6 Å². The summed E-state index contributed by atoms with van der Waals surface area (Å²) in [4.78, 5) is 8.58. The van der Waals surface area contributed by atoms with E-state index in [4.69, 9.17) is 0 Å². The van der Waals surface area contributed by atoms with Gasteiger partial charge in [-0.1, -0.05) is 6.07 Å². The van der Waals surface area contributed by atoms with Gasteiger partial charge in [-0.3, -0.25) is 0 Å². The Labute approximate surface area is 113 Å². The van der Waals surface area contributed by atoms with E-state index in [-0.39, 0.29) is 0 Å². The van der Waals surface area contributed by atoms with E-state index < -0.39 is 0 Å². The quantitative estimate of drug-likeness (QED) is 0.876. The fourth-order valence-corrected chi connectivity index (χ4v) is 2.27. The van der Waals surface area contributed by atoms with Gasteiger partial charge in [0.15, 0.2) is 0 Å². The lowest BCUT2D eigenvalue weighted by Gasteiger charge is -2.03. The molecule has 1 N–H and O–H groups in total. The molecule has 2 aromatic rings. The molecule has 2 aromatic heterocycles. The van der Waals surface area contributed by atoms with Gasteiger partial charge in [-0.05, 0) is 39.7 Å². The summed E-state index contributed by atoms with van der Waals surface area (Å²) < 4.78 is 1.00. The Morgan fingerprint density at radius 3 is 2.65 bits per heavy atom. The fraction of sp³-hybridized carbons (Fsp3) is 0.167. The van der Waals surface area contributed by atoms with Crippen LogP contribution in [0.15, 0.2) is 46.2 Å². The van der Waals surface area contributed by atoms with E-state index in [2.05, 4.69) is 37.3 Å². The maximum absolute atomic E-state index is 4.31. The summed E-state index contributed by atoms with van der Waals surface area (Å²) in [5, 5.41) is 4.02. The van der Waals surface area contributed by atoms with Crippen LogP contribution in [0, 0.1) is 0 Å². The first kappa shape index (κ1) is 12.4. The predicted octanol–water partition coefficient (Wildman–Crippen LogP) is 3.57. The molecule has 5 heteroatoms. The van der Waals surface area contributed by atoms with Crippen LogP contribution in [0.4, 0.5) is 5.82 Å². The number of hydrogen-bond donors (Lipinski definition) is 1. The number of nitrogens with one attached hydrogen (secondary N) is 1. The molecule has 0 unspecified atom stereocenters. The van der Waals surface area contributed by atoms with Crippen LogP contribution in [-0.4, -0.2) is 17.0 Å². The first-order valence-electron chi connectivity index (χ1n) is 5.15. The van der Waals surface area contributed by atoms with Gasteiger partial charge in [-0.25, -0.2) is 9.97 Å². The van der Waals surface area contributed by atoms with Gasteiger partial charge in [0, 0.05) is 29.7 Å². The molecule has 0 aliphatic heterocycles. The minimum Gasteiger partial charge on any atom is -0.373 e. The van der Waals surface area contributed by atoms with Gasteiger partial charge in [0.25, 0.3) is 0 Å². The highest BCUT2D eigenvalue weighted by atomic mass is 79.9. The van der Waals surface area contributed by atoms with Crippen molar-refractivity contribution in [2.75, 3.05) is 12.4 Å². The summed E-state index contributed by atoms with van der Waals surface area (Å²) in [6, 6.07) is 8.05. The molecule has 0 aromatic carbocycles. The van der Waals surface area contributed by atoms with E-state index in [1.54, 1.807) is 11.8 Å². The Hall–Kier alpha value is -1.07. The van der Waals surface area contributed by atoms with Crippen molar-refractivity contribution >= 4 is 33.5 Å². The average molecular weight is 310 g/mol. The molecular weight excluding hydrogens is 298 g/mol. The Kier molecular flexibility index (Phi) is 4.39. The van der Waals surface area contributed by atoms with Crippen LogP contribution in [0.1, 0.15) is 5.56 Å². The van der Waals surface area contributed by atoms with Crippen LogP contribution in [0.25, 0.3) is 0 Å². The van der Waals surface area contributed by atoms with Gasteiger partial charge in [-0.2, -0.15) is 0 Å². The topological polar surface area (TPSA) is 37.8 Å². The monoisotopic (exact) mass is 309 g/mol. The van der Waals surface area contributed by atoms with Crippen molar-refractivity contribution in [3.8, 4) is 0 Å². The van der Waals surface area contributed by atoms with E-state index in [9.17, 15) is 0 Å². The zero-order chi connectivity index (χ0) is 12.1.